The third-order valence-electron chi connectivity index (χ3n) is 2.15. The van der Waals surface area contributed by atoms with E-state index in [2.05, 4.69) is 20.1 Å². The second kappa shape index (κ2) is 4.23. The highest BCUT2D eigenvalue weighted by atomic mass is 19.4. The van der Waals surface area contributed by atoms with Crippen LogP contribution in [0.2, 0.25) is 0 Å². The number of hydrogen-bond donors (Lipinski definition) is 2. The van der Waals surface area contributed by atoms with Crippen LogP contribution in [0.15, 0.2) is 12.1 Å². The molecule has 1 aromatic carbocycles. The van der Waals surface area contributed by atoms with E-state index < -0.39 is 29.4 Å². The molecular formula is C9H5F3N4O3. The molecule has 0 radical (unpaired) electrons. The quantitative estimate of drug-likeness (QED) is 0.612. The number of nitrogens with one attached hydrogen (secondary N) is 1. The van der Waals surface area contributed by atoms with Gasteiger partial charge in [0.1, 0.15) is 22.3 Å². The van der Waals surface area contributed by atoms with E-state index in [9.17, 15) is 22.8 Å². The molecule has 2 aromatic rings. The fourth-order valence-corrected chi connectivity index (χ4v) is 1.39. The number of carbonyl (C=O) groups excluding carboxylic acids is 2. The number of benzene rings is 1. The standard InChI is InChI=1S/C9H5F3N4O3/c10-9(11,12)8(18)19-4-2-1-3-6(15-16-14-3)5(4)7(13)17/h1-2H,(H2,13,17)(H,14,15,16). The van der Waals surface area contributed by atoms with E-state index >= 15 is 0 Å². The number of primary amides is 1. The number of esters is 1. The topological polar surface area (TPSA) is 111 Å². The van der Waals surface area contributed by atoms with Gasteiger partial charge in [-0.2, -0.15) is 13.2 Å². The van der Waals surface area contributed by atoms with Gasteiger partial charge in [0.25, 0.3) is 5.91 Å². The SMILES string of the molecule is NC(=O)c1c(OC(=O)C(F)(F)F)ccc2nn[nH]c12. The number of aromatic nitrogens is 3. The van der Waals surface area contributed by atoms with Crippen LogP contribution in [-0.4, -0.2) is 33.5 Å². The van der Waals surface area contributed by atoms with Crippen molar-refractivity contribution >= 4 is 22.9 Å². The summed E-state index contributed by atoms with van der Waals surface area (Å²) in [4.78, 5) is 22.0. The molecule has 0 aliphatic rings. The lowest BCUT2D eigenvalue weighted by Crippen LogP contribution is -2.29. The third kappa shape index (κ3) is 2.32. The molecule has 1 heterocycles. The van der Waals surface area contributed by atoms with Gasteiger partial charge in [0.2, 0.25) is 0 Å². The van der Waals surface area contributed by atoms with Crippen molar-refractivity contribution in [3.05, 3.63) is 17.7 Å². The molecule has 0 aliphatic carbocycles. The lowest BCUT2D eigenvalue weighted by Gasteiger charge is -2.09. The van der Waals surface area contributed by atoms with Crippen molar-refractivity contribution in [2.24, 2.45) is 5.73 Å². The normalized spacial score (nSPS) is 11.5. The molecule has 0 spiro atoms. The summed E-state index contributed by atoms with van der Waals surface area (Å²) < 4.78 is 40.4. The van der Waals surface area contributed by atoms with Crippen LogP contribution in [0.5, 0.6) is 5.75 Å². The Morgan fingerprint density at radius 2 is 2.00 bits per heavy atom. The van der Waals surface area contributed by atoms with Gasteiger partial charge in [0.05, 0.1) is 0 Å². The number of ether oxygens (including phenoxy) is 1. The Labute approximate surface area is 102 Å². The first kappa shape index (κ1) is 12.8. The van der Waals surface area contributed by atoms with Gasteiger partial charge in [0.15, 0.2) is 0 Å². The molecular weight excluding hydrogens is 269 g/mol. The predicted molar refractivity (Wildman–Crippen MR) is 54.1 cm³/mol. The Kier molecular flexibility index (Phi) is 2.85. The maximum atomic E-state index is 12.1. The summed E-state index contributed by atoms with van der Waals surface area (Å²) in [6.07, 6.45) is -5.18. The van der Waals surface area contributed by atoms with Gasteiger partial charge >= 0.3 is 12.1 Å². The van der Waals surface area contributed by atoms with Crippen molar-refractivity contribution in [3.63, 3.8) is 0 Å². The Morgan fingerprint density at radius 1 is 1.32 bits per heavy atom. The minimum atomic E-state index is -5.18. The fourth-order valence-electron chi connectivity index (χ4n) is 1.39. The van der Waals surface area contributed by atoms with Crippen molar-refractivity contribution in [2.75, 3.05) is 0 Å². The first-order valence-electron chi connectivity index (χ1n) is 4.73. The van der Waals surface area contributed by atoms with Gasteiger partial charge in [-0.1, -0.05) is 5.21 Å². The lowest BCUT2D eigenvalue weighted by atomic mass is 10.1. The number of H-pyrrole nitrogens is 1. The second-order valence-corrected chi connectivity index (χ2v) is 3.40. The van der Waals surface area contributed by atoms with Gasteiger partial charge in [-0.05, 0) is 12.1 Å². The molecule has 0 atom stereocenters. The Bertz CT molecular complexity index is 664. The molecule has 1 amide bonds. The van der Waals surface area contributed by atoms with E-state index in [0.717, 1.165) is 6.07 Å². The van der Waals surface area contributed by atoms with Crippen LogP contribution in [0.4, 0.5) is 13.2 Å². The number of hydrogen-bond acceptors (Lipinski definition) is 5. The highest BCUT2D eigenvalue weighted by Crippen LogP contribution is 2.27. The van der Waals surface area contributed by atoms with Crippen molar-refractivity contribution < 1.29 is 27.5 Å². The number of alkyl halides is 3. The van der Waals surface area contributed by atoms with Gasteiger partial charge in [0, 0.05) is 0 Å². The number of rotatable bonds is 2. The monoisotopic (exact) mass is 274 g/mol. The van der Waals surface area contributed by atoms with Crippen LogP contribution in [0.25, 0.3) is 11.0 Å². The zero-order valence-corrected chi connectivity index (χ0v) is 8.99. The fraction of sp³-hybridized carbons (Fsp3) is 0.111. The molecule has 2 rings (SSSR count). The Hall–Kier alpha value is -2.65. The molecule has 3 N–H and O–H groups in total. The zero-order valence-electron chi connectivity index (χ0n) is 8.99. The van der Waals surface area contributed by atoms with Gasteiger partial charge in [-0.25, -0.2) is 4.79 Å². The Morgan fingerprint density at radius 3 is 2.58 bits per heavy atom. The molecule has 0 fully saturated rings. The number of halogens is 3. The number of carbonyl (C=O) groups is 2. The van der Waals surface area contributed by atoms with Crippen molar-refractivity contribution in [3.8, 4) is 5.75 Å². The smallest absolute Gasteiger partial charge is 0.419 e. The number of amides is 1. The molecule has 100 valence electrons. The zero-order chi connectivity index (χ0) is 14.2. The van der Waals surface area contributed by atoms with Crippen LogP contribution in [-0.2, 0) is 4.79 Å². The van der Waals surface area contributed by atoms with E-state index in [0.29, 0.717) is 0 Å². The van der Waals surface area contributed by atoms with Crippen LogP contribution >= 0.6 is 0 Å². The van der Waals surface area contributed by atoms with E-state index in [-0.39, 0.29) is 11.0 Å². The maximum absolute atomic E-state index is 12.1. The first-order valence-corrected chi connectivity index (χ1v) is 4.73. The van der Waals surface area contributed by atoms with Crippen molar-refractivity contribution in [2.45, 2.75) is 6.18 Å². The summed E-state index contributed by atoms with van der Waals surface area (Å²) in [6.45, 7) is 0. The highest BCUT2D eigenvalue weighted by Gasteiger charge is 2.42. The second-order valence-electron chi connectivity index (χ2n) is 3.40. The van der Waals surface area contributed by atoms with Gasteiger partial charge < -0.3 is 10.5 Å². The van der Waals surface area contributed by atoms with Crippen LogP contribution in [0.1, 0.15) is 10.4 Å². The molecule has 0 aliphatic heterocycles. The molecule has 0 saturated carbocycles. The largest absolute Gasteiger partial charge is 0.491 e. The van der Waals surface area contributed by atoms with Gasteiger partial charge in [-0.3, -0.25) is 9.89 Å². The molecule has 7 nitrogen and oxygen atoms in total. The minimum absolute atomic E-state index is 0.0139. The highest BCUT2D eigenvalue weighted by molar-refractivity contribution is 6.07. The van der Waals surface area contributed by atoms with Gasteiger partial charge in [-0.15, -0.1) is 5.10 Å². The molecule has 0 unspecified atom stereocenters. The molecule has 10 heteroatoms. The number of aromatic amines is 1. The number of nitrogens with zero attached hydrogens (tertiary/aromatic N) is 2. The van der Waals surface area contributed by atoms with E-state index in [1.807, 2.05) is 0 Å². The van der Waals surface area contributed by atoms with Crippen LogP contribution < -0.4 is 10.5 Å². The number of fused-ring (bicyclic) bond motifs is 1. The van der Waals surface area contributed by atoms with Crippen molar-refractivity contribution in [1.82, 2.24) is 15.4 Å². The molecule has 19 heavy (non-hydrogen) atoms. The third-order valence-corrected chi connectivity index (χ3v) is 2.15. The summed E-state index contributed by atoms with van der Waals surface area (Å²) in [5.74, 6) is -4.16. The molecule has 1 aromatic heterocycles. The molecule has 0 saturated heterocycles. The van der Waals surface area contributed by atoms with Crippen molar-refractivity contribution in [1.29, 1.82) is 0 Å². The Balaban J connectivity index is 2.51. The van der Waals surface area contributed by atoms with Crippen LogP contribution in [0, 0.1) is 0 Å². The average molecular weight is 274 g/mol. The summed E-state index contributed by atoms with van der Waals surface area (Å²) in [6, 6.07) is 2.21. The summed E-state index contributed by atoms with van der Waals surface area (Å²) in [7, 11) is 0. The lowest BCUT2D eigenvalue weighted by molar-refractivity contribution is -0.189. The van der Waals surface area contributed by atoms with Crippen LogP contribution in [0.3, 0.4) is 0 Å². The maximum Gasteiger partial charge on any atom is 0.491 e. The molecule has 0 bridgehead atoms. The minimum Gasteiger partial charge on any atom is -0.419 e. The first-order chi connectivity index (χ1) is 8.80. The van der Waals surface area contributed by atoms with E-state index in [4.69, 9.17) is 5.73 Å². The van der Waals surface area contributed by atoms with E-state index in [1.165, 1.54) is 6.07 Å². The number of nitrogens with two attached hydrogens (primary N) is 1. The average Bonchev–Trinajstić information content (AvgIpc) is 2.74. The van der Waals surface area contributed by atoms with E-state index in [1.54, 1.807) is 0 Å². The summed E-state index contributed by atoms with van der Waals surface area (Å²) in [5, 5.41) is 9.21. The summed E-state index contributed by atoms with van der Waals surface area (Å²) in [5.41, 5.74) is 4.79. The predicted octanol–water partition coefficient (Wildman–Crippen LogP) is 0.524. The summed E-state index contributed by atoms with van der Waals surface area (Å²) >= 11 is 0.